The first-order chi connectivity index (χ1) is 9.65. The molecule has 6 heteroatoms. The highest BCUT2D eigenvalue weighted by Crippen LogP contribution is 2.20. The van der Waals surface area contributed by atoms with Crippen molar-refractivity contribution in [3.05, 3.63) is 68.8 Å². The van der Waals surface area contributed by atoms with Crippen LogP contribution in [0, 0.1) is 0 Å². The summed E-state index contributed by atoms with van der Waals surface area (Å²) < 4.78 is 1.61. The number of benzene rings is 1. The number of hydrogen-bond acceptors (Lipinski definition) is 3. The summed E-state index contributed by atoms with van der Waals surface area (Å²) in [5.41, 5.74) is 2.06. The maximum Gasteiger partial charge on any atom is 0.269 e. The van der Waals surface area contributed by atoms with E-state index < -0.39 is 0 Å². The Morgan fingerprint density at radius 2 is 1.90 bits per heavy atom. The van der Waals surface area contributed by atoms with Crippen LogP contribution in [0.4, 0.5) is 0 Å². The first-order valence-electron chi connectivity index (χ1n) is 5.89. The molecule has 0 saturated heterocycles. The maximum absolute atomic E-state index is 12.0. The van der Waals surface area contributed by atoms with Gasteiger partial charge in [-0.25, -0.2) is 9.97 Å². The summed E-state index contributed by atoms with van der Waals surface area (Å²) in [6, 6.07) is 9.00. The van der Waals surface area contributed by atoms with Crippen molar-refractivity contribution in [1.82, 2.24) is 14.5 Å². The van der Waals surface area contributed by atoms with Crippen LogP contribution in [0.25, 0.3) is 11.0 Å². The Morgan fingerprint density at radius 1 is 1.10 bits per heavy atom. The minimum atomic E-state index is -0.185. The van der Waals surface area contributed by atoms with Gasteiger partial charge in [0.25, 0.3) is 5.56 Å². The van der Waals surface area contributed by atoms with Crippen molar-refractivity contribution < 1.29 is 0 Å². The van der Waals surface area contributed by atoms with Crippen LogP contribution in [0.2, 0.25) is 10.2 Å². The first kappa shape index (κ1) is 13.1. The fraction of sp³-hybridized carbons (Fsp3) is 0.0714. The van der Waals surface area contributed by atoms with Crippen molar-refractivity contribution in [2.75, 3.05) is 0 Å². The molecule has 0 aliphatic carbocycles. The zero-order valence-electron chi connectivity index (χ0n) is 10.3. The lowest BCUT2D eigenvalue weighted by Crippen LogP contribution is -2.21. The summed E-state index contributed by atoms with van der Waals surface area (Å²) in [6.45, 7) is 0.324. The Hall–Kier alpha value is -1.91. The van der Waals surface area contributed by atoms with Gasteiger partial charge in [0.05, 0.1) is 28.8 Å². The van der Waals surface area contributed by atoms with Gasteiger partial charge < -0.3 is 4.57 Å². The topological polar surface area (TPSA) is 47.8 Å². The van der Waals surface area contributed by atoms with Gasteiger partial charge in [0, 0.05) is 11.8 Å². The lowest BCUT2D eigenvalue weighted by molar-refractivity contribution is 0.783. The fourth-order valence-corrected chi connectivity index (χ4v) is 2.43. The minimum Gasteiger partial charge on any atom is -0.301 e. The van der Waals surface area contributed by atoms with Crippen molar-refractivity contribution in [3.8, 4) is 0 Å². The lowest BCUT2D eigenvalue weighted by atomic mass is 10.2. The zero-order valence-corrected chi connectivity index (χ0v) is 11.8. The van der Waals surface area contributed by atoms with Gasteiger partial charge in [0.15, 0.2) is 0 Å². The van der Waals surface area contributed by atoms with E-state index in [-0.39, 0.29) is 5.56 Å². The third kappa shape index (κ3) is 2.40. The lowest BCUT2D eigenvalue weighted by Gasteiger charge is -2.10. The molecule has 0 fully saturated rings. The van der Waals surface area contributed by atoms with Crippen molar-refractivity contribution in [1.29, 1.82) is 0 Å². The molecule has 0 aliphatic heterocycles. The number of nitrogens with zero attached hydrogens (tertiary/aromatic N) is 3. The minimum absolute atomic E-state index is 0.185. The van der Waals surface area contributed by atoms with Crippen LogP contribution < -0.4 is 5.56 Å². The first-order valence-corrected chi connectivity index (χ1v) is 6.65. The molecule has 2 heterocycles. The average molecular weight is 306 g/mol. The van der Waals surface area contributed by atoms with Gasteiger partial charge in [0.2, 0.25) is 0 Å². The number of fused-ring (bicyclic) bond motifs is 1. The van der Waals surface area contributed by atoms with Crippen LogP contribution in [-0.2, 0) is 6.54 Å². The predicted octanol–water partition coefficient (Wildman–Crippen LogP) is 3.15. The maximum atomic E-state index is 12.0. The molecule has 4 nitrogen and oxygen atoms in total. The van der Waals surface area contributed by atoms with Crippen LogP contribution in [0.5, 0.6) is 0 Å². The molecule has 1 aromatic carbocycles. The second kappa shape index (κ2) is 5.23. The second-order valence-electron chi connectivity index (χ2n) is 4.27. The van der Waals surface area contributed by atoms with E-state index in [1.165, 1.54) is 6.20 Å². The largest absolute Gasteiger partial charge is 0.301 e. The number of rotatable bonds is 2. The van der Waals surface area contributed by atoms with Gasteiger partial charge in [-0.05, 0) is 18.2 Å². The van der Waals surface area contributed by atoms with Gasteiger partial charge in [-0.1, -0.05) is 35.3 Å². The summed E-state index contributed by atoms with van der Waals surface area (Å²) in [6.07, 6.45) is 2.88. The van der Waals surface area contributed by atoms with Crippen LogP contribution >= 0.6 is 23.2 Å². The molecule has 0 amide bonds. The molecule has 0 spiro atoms. The van der Waals surface area contributed by atoms with Crippen LogP contribution in [0.1, 0.15) is 5.56 Å². The summed E-state index contributed by atoms with van der Waals surface area (Å²) >= 11 is 11.9. The van der Waals surface area contributed by atoms with E-state index >= 15 is 0 Å². The Morgan fingerprint density at radius 3 is 2.70 bits per heavy atom. The normalized spacial score (nSPS) is 10.9. The average Bonchev–Trinajstić information content (AvgIpc) is 2.44. The quantitative estimate of drug-likeness (QED) is 0.683. The van der Waals surface area contributed by atoms with Gasteiger partial charge >= 0.3 is 0 Å². The molecule has 100 valence electrons. The third-order valence-corrected chi connectivity index (χ3v) is 3.54. The highest BCUT2D eigenvalue weighted by Gasteiger charge is 2.08. The van der Waals surface area contributed by atoms with Crippen molar-refractivity contribution in [2.45, 2.75) is 6.54 Å². The summed E-state index contributed by atoms with van der Waals surface area (Å²) in [4.78, 5) is 20.1. The second-order valence-corrected chi connectivity index (χ2v) is 5.06. The summed E-state index contributed by atoms with van der Waals surface area (Å²) in [5, 5.41) is 0.809. The molecular weight excluding hydrogens is 297 g/mol. The Kier molecular flexibility index (Phi) is 3.42. The number of halogens is 2. The summed E-state index contributed by atoms with van der Waals surface area (Å²) in [7, 11) is 0. The summed E-state index contributed by atoms with van der Waals surface area (Å²) in [5.74, 6) is 0. The van der Waals surface area contributed by atoms with E-state index in [0.29, 0.717) is 16.7 Å². The smallest absolute Gasteiger partial charge is 0.269 e. The fourth-order valence-electron chi connectivity index (χ4n) is 2.00. The van der Waals surface area contributed by atoms with Crippen LogP contribution in [0.3, 0.4) is 0 Å². The van der Waals surface area contributed by atoms with E-state index in [1.807, 2.05) is 24.3 Å². The van der Waals surface area contributed by atoms with Crippen LogP contribution in [0.15, 0.2) is 47.5 Å². The molecule has 3 rings (SSSR count). The molecule has 20 heavy (non-hydrogen) atoms. The molecule has 0 N–H and O–H groups in total. The van der Waals surface area contributed by atoms with Crippen molar-refractivity contribution in [3.63, 3.8) is 0 Å². The number of hydrogen-bond donors (Lipinski definition) is 0. The molecule has 0 atom stereocenters. The SMILES string of the molecule is O=c1cnc2ccccc2n1Cc1cnc(Cl)cc1Cl. The standard InChI is InChI=1S/C14H9Cl2N3O/c15-10-5-13(16)18-6-9(10)8-19-12-4-2-1-3-11(12)17-7-14(19)20/h1-7H,8H2. The van der Waals surface area contributed by atoms with Crippen molar-refractivity contribution in [2.24, 2.45) is 0 Å². The van der Waals surface area contributed by atoms with E-state index in [9.17, 15) is 4.79 Å². The van der Waals surface area contributed by atoms with E-state index in [4.69, 9.17) is 23.2 Å². The Balaban J connectivity index is 2.15. The Labute approximate surface area is 124 Å². The molecule has 0 saturated carbocycles. The van der Waals surface area contributed by atoms with Gasteiger partial charge in [-0.15, -0.1) is 0 Å². The van der Waals surface area contributed by atoms with Gasteiger partial charge in [0.1, 0.15) is 5.15 Å². The van der Waals surface area contributed by atoms with E-state index in [0.717, 1.165) is 16.6 Å². The highest BCUT2D eigenvalue weighted by molar-refractivity contribution is 6.34. The molecule has 3 aromatic rings. The molecule has 0 aliphatic rings. The molecule has 2 aromatic heterocycles. The van der Waals surface area contributed by atoms with Crippen molar-refractivity contribution >= 4 is 34.2 Å². The van der Waals surface area contributed by atoms with Gasteiger partial charge in [-0.2, -0.15) is 0 Å². The number of para-hydroxylation sites is 2. The molecule has 0 radical (unpaired) electrons. The van der Waals surface area contributed by atoms with E-state index in [1.54, 1.807) is 16.8 Å². The van der Waals surface area contributed by atoms with E-state index in [2.05, 4.69) is 9.97 Å². The zero-order chi connectivity index (χ0) is 14.1. The highest BCUT2D eigenvalue weighted by atomic mass is 35.5. The Bertz CT molecular complexity index is 845. The number of pyridine rings is 1. The van der Waals surface area contributed by atoms with Gasteiger partial charge in [-0.3, -0.25) is 4.79 Å². The third-order valence-electron chi connectivity index (χ3n) is 2.98. The molecule has 0 bridgehead atoms. The van der Waals surface area contributed by atoms with Crippen LogP contribution in [-0.4, -0.2) is 14.5 Å². The molecule has 0 unspecified atom stereocenters. The molecular formula is C14H9Cl2N3O. The monoisotopic (exact) mass is 305 g/mol. The number of aromatic nitrogens is 3. The predicted molar refractivity (Wildman–Crippen MR) is 79.4 cm³/mol.